The third-order valence-corrected chi connectivity index (χ3v) is 2.48. The van der Waals surface area contributed by atoms with Gasteiger partial charge in [-0.25, -0.2) is 0 Å². The molecule has 1 heterocycles. The van der Waals surface area contributed by atoms with E-state index in [0.717, 1.165) is 0 Å². The Hall–Kier alpha value is -2.83. The van der Waals surface area contributed by atoms with Gasteiger partial charge in [0.05, 0.1) is 10.4 Å². The number of aromatic hydroxyl groups is 1. The number of nitrogens with zero attached hydrogens (tertiary/aromatic N) is 1. The Morgan fingerprint density at radius 1 is 1.53 bits per heavy atom. The number of pyridine rings is 1. The van der Waals surface area contributed by atoms with Crippen molar-refractivity contribution in [2.75, 3.05) is 6.61 Å². The van der Waals surface area contributed by atoms with Crippen LogP contribution in [0.25, 0.3) is 10.9 Å². The lowest BCUT2D eigenvalue weighted by molar-refractivity contribution is -0.384. The fourth-order valence-corrected chi connectivity index (χ4v) is 1.64. The molecule has 0 aliphatic heterocycles. The van der Waals surface area contributed by atoms with E-state index < -0.39 is 10.5 Å². The molecule has 0 saturated carbocycles. The van der Waals surface area contributed by atoms with E-state index in [0.29, 0.717) is 0 Å². The van der Waals surface area contributed by atoms with Crippen molar-refractivity contribution in [2.45, 2.75) is 0 Å². The van der Waals surface area contributed by atoms with Crippen LogP contribution in [0.5, 0.6) is 11.5 Å². The van der Waals surface area contributed by atoms with Crippen molar-refractivity contribution in [3.8, 4) is 11.5 Å². The molecule has 0 fully saturated rings. The number of nitrogens with one attached hydrogen (secondary N) is 1. The quantitative estimate of drug-likeness (QED) is 0.495. The third kappa shape index (κ3) is 2.25. The van der Waals surface area contributed by atoms with Gasteiger partial charge in [0.1, 0.15) is 6.61 Å². The van der Waals surface area contributed by atoms with E-state index >= 15 is 0 Å². The zero-order chi connectivity index (χ0) is 14.0. The molecule has 2 N–H and O–H groups in total. The second kappa shape index (κ2) is 4.81. The lowest BCUT2D eigenvalue weighted by atomic mass is 10.2. The van der Waals surface area contributed by atoms with E-state index in [-0.39, 0.29) is 34.7 Å². The average Bonchev–Trinajstić information content (AvgIpc) is 2.37. The van der Waals surface area contributed by atoms with Crippen LogP contribution in [0.4, 0.5) is 5.69 Å². The average molecular weight is 262 g/mol. The number of ether oxygens (including phenoxy) is 1. The summed E-state index contributed by atoms with van der Waals surface area (Å²) in [5.74, 6) is -0.586. The minimum Gasteiger partial charge on any atom is -0.504 e. The Balaban J connectivity index is 2.65. The summed E-state index contributed by atoms with van der Waals surface area (Å²) in [6.45, 7) is 3.50. The molecule has 98 valence electrons. The van der Waals surface area contributed by atoms with Gasteiger partial charge in [-0.3, -0.25) is 14.9 Å². The molecule has 0 atom stereocenters. The molecular formula is C12H10N2O5. The number of aromatic nitrogens is 1. The van der Waals surface area contributed by atoms with Gasteiger partial charge in [-0.1, -0.05) is 12.7 Å². The standard InChI is InChI=1S/C12H10N2O5/c1-2-5-19-11-10(15)8-4-3-7(14(17)18)6-9(8)13-12(11)16/h2-4,6H,1,5H2,(H2,13,15,16). The fraction of sp³-hybridized carbons (Fsp3) is 0.0833. The van der Waals surface area contributed by atoms with Crippen molar-refractivity contribution in [1.29, 1.82) is 0 Å². The van der Waals surface area contributed by atoms with Crippen molar-refractivity contribution in [1.82, 2.24) is 4.98 Å². The molecule has 0 bridgehead atoms. The number of hydrogen-bond acceptors (Lipinski definition) is 5. The molecule has 0 aliphatic carbocycles. The van der Waals surface area contributed by atoms with Gasteiger partial charge in [-0.2, -0.15) is 0 Å². The van der Waals surface area contributed by atoms with Gasteiger partial charge >= 0.3 is 0 Å². The molecule has 0 saturated heterocycles. The first kappa shape index (κ1) is 12.6. The van der Waals surface area contributed by atoms with Crippen LogP contribution in [0.2, 0.25) is 0 Å². The molecule has 0 unspecified atom stereocenters. The van der Waals surface area contributed by atoms with Crippen molar-refractivity contribution in [3.05, 3.63) is 51.3 Å². The monoisotopic (exact) mass is 262 g/mol. The van der Waals surface area contributed by atoms with Gasteiger partial charge in [0, 0.05) is 17.5 Å². The number of fused-ring (bicyclic) bond motifs is 1. The number of benzene rings is 1. The SMILES string of the molecule is C=CCOc1c(O)c2ccc([N+](=O)[O-])cc2[nH]c1=O. The number of nitro groups is 1. The summed E-state index contributed by atoms with van der Waals surface area (Å²) < 4.78 is 5.06. The zero-order valence-electron chi connectivity index (χ0n) is 9.75. The van der Waals surface area contributed by atoms with Crippen molar-refractivity contribution in [2.24, 2.45) is 0 Å². The number of aromatic amines is 1. The number of hydrogen-bond donors (Lipinski definition) is 2. The van der Waals surface area contributed by atoms with E-state index in [2.05, 4.69) is 11.6 Å². The van der Waals surface area contributed by atoms with E-state index in [4.69, 9.17) is 4.74 Å². The highest BCUT2D eigenvalue weighted by molar-refractivity contribution is 5.88. The summed E-state index contributed by atoms with van der Waals surface area (Å²) in [5.41, 5.74) is -0.669. The van der Waals surface area contributed by atoms with E-state index in [1.165, 1.54) is 24.3 Å². The summed E-state index contributed by atoms with van der Waals surface area (Å²) in [7, 11) is 0. The summed E-state index contributed by atoms with van der Waals surface area (Å²) in [6, 6.07) is 3.75. The highest BCUT2D eigenvalue weighted by Gasteiger charge is 2.15. The van der Waals surface area contributed by atoms with Crippen molar-refractivity contribution >= 4 is 16.6 Å². The van der Waals surface area contributed by atoms with Gasteiger partial charge in [0.15, 0.2) is 5.75 Å². The number of non-ortho nitro benzene ring substituents is 1. The molecule has 7 nitrogen and oxygen atoms in total. The predicted octanol–water partition coefficient (Wildman–Crippen LogP) is 1.71. The molecule has 0 spiro atoms. The lowest BCUT2D eigenvalue weighted by Crippen LogP contribution is -2.11. The van der Waals surface area contributed by atoms with Crippen LogP contribution in [0.3, 0.4) is 0 Å². The Morgan fingerprint density at radius 2 is 2.26 bits per heavy atom. The first-order valence-electron chi connectivity index (χ1n) is 5.31. The summed E-state index contributed by atoms with van der Waals surface area (Å²) in [6.07, 6.45) is 1.43. The Bertz CT molecular complexity index is 720. The largest absolute Gasteiger partial charge is 0.504 e. The third-order valence-electron chi connectivity index (χ3n) is 2.48. The van der Waals surface area contributed by atoms with Gasteiger partial charge in [0.2, 0.25) is 5.75 Å². The second-order valence-electron chi connectivity index (χ2n) is 3.72. The zero-order valence-corrected chi connectivity index (χ0v) is 9.75. The molecule has 2 rings (SSSR count). The van der Waals surface area contributed by atoms with Gasteiger partial charge < -0.3 is 14.8 Å². The Kier molecular flexibility index (Phi) is 3.19. The maximum Gasteiger partial charge on any atom is 0.294 e. The van der Waals surface area contributed by atoms with Crippen LogP contribution in [0, 0.1) is 10.1 Å². The molecule has 2 aromatic rings. The first-order valence-corrected chi connectivity index (χ1v) is 5.31. The summed E-state index contributed by atoms with van der Waals surface area (Å²) in [5, 5.41) is 20.8. The predicted molar refractivity (Wildman–Crippen MR) is 68.6 cm³/mol. The summed E-state index contributed by atoms with van der Waals surface area (Å²) in [4.78, 5) is 24.2. The molecule has 1 aromatic carbocycles. The molecule has 0 radical (unpaired) electrons. The molecule has 0 amide bonds. The van der Waals surface area contributed by atoms with Crippen LogP contribution in [-0.4, -0.2) is 21.6 Å². The molecular weight excluding hydrogens is 252 g/mol. The van der Waals surface area contributed by atoms with Crippen molar-refractivity contribution < 1.29 is 14.8 Å². The maximum absolute atomic E-state index is 11.7. The highest BCUT2D eigenvalue weighted by atomic mass is 16.6. The highest BCUT2D eigenvalue weighted by Crippen LogP contribution is 2.31. The normalized spacial score (nSPS) is 10.3. The fourth-order valence-electron chi connectivity index (χ4n) is 1.64. The van der Waals surface area contributed by atoms with E-state index in [9.17, 15) is 20.0 Å². The van der Waals surface area contributed by atoms with Gasteiger partial charge in [0.25, 0.3) is 11.2 Å². The summed E-state index contributed by atoms with van der Waals surface area (Å²) >= 11 is 0. The number of rotatable bonds is 4. The molecule has 7 heteroatoms. The maximum atomic E-state index is 11.7. The molecule has 1 aromatic heterocycles. The van der Waals surface area contributed by atoms with Crippen LogP contribution in [0.1, 0.15) is 0 Å². The van der Waals surface area contributed by atoms with Gasteiger partial charge in [-0.15, -0.1) is 0 Å². The van der Waals surface area contributed by atoms with Crippen LogP contribution in [0.15, 0.2) is 35.6 Å². The minimum absolute atomic E-state index is 0.0646. The van der Waals surface area contributed by atoms with Gasteiger partial charge in [-0.05, 0) is 6.07 Å². The molecule has 0 aliphatic rings. The van der Waals surface area contributed by atoms with Crippen LogP contribution < -0.4 is 10.3 Å². The number of nitro benzene ring substituents is 1. The second-order valence-corrected chi connectivity index (χ2v) is 3.72. The van der Waals surface area contributed by atoms with Crippen LogP contribution >= 0.6 is 0 Å². The van der Waals surface area contributed by atoms with Crippen molar-refractivity contribution in [3.63, 3.8) is 0 Å². The van der Waals surface area contributed by atoms with E-state index in [1.54, 1.807) is 0 Å². The first-order chi connectivity index (χ1) is 9.04. The van der Waals surface area contributed by atoms with Crippen LogP contribution in [-0.2, 0) is 0 Å². The smallest absolute Gasteiger partial charge is 0.294 e. The lowest BCUT2D eigenvalue weighted by Gasteiger charge is -2.07. The molecule has 19 heavy (non-hydrogen) atoms. The Labute approximate surface area is 106 Å². The number of H-pyrrole nitrogens is 1. The van der Waals surface area contributed by atoms with E-state index in [1.807, 2.05) is 0 Å². The Morgan fingerprint density at radius 3 is 2.89 bits per heavy atom. The topological polar surface area (TPSA) is 105 Å². The minimum atomic E-state index is -0.660.